The number of aliphatic imine (C=N–C) groups is 1. The van der Waals surface area contributed by atoms with Gasteiger partial charge in [-0.3, -0.25) is 0 Å². The highest BCUT2D eigenvalue weighted by Crippen LogP contribution is 2.33. The minimum atomic E-state index is -4.75. The highest BCUT2D eigenvalue weighted by molar-refractivity contribution is 8.14. The van der Waals surface area contributed by atoms with Crippen molar-refractivity contribution in [1.82, 2.24) is 20.1 Å². The van der Waals surface area contributed by atoms with Crippen molar-refractivity contribution < 1.29 is 22.7 Å². The number of benzene rings is 3. The molecule has 1 saturated heterocycles. The SMILES string of the molecule is Cc1ccc(C(C)C)c(N2CCCSC2=NC(=O)NCC(C)c2ccc(-c3ncn(-c4ccc(OC(F)(F)F)cc4)n3)cc2)c1. The normalized spacial score (nSPS) is 15.4. The lowest BCUT2D eigenvalue weighted by molar-refractivity contribution is -0.274. The molecule has 2 heterocycles. The van der Waals surface area contributed by atoms with E-state index in [4.69, 9.17) is 0 Å². The number of halogens is 3. The van der Waals surface area contributed by atoms with Crippen LogP contribution in [0.1, 0.15) is 55.7 Å². The zero-order valence-electron chi connectivity index (χ0n) is 25.5. The number of carbonyl (C=O) groups is 1. The summed E-state index contributed by atoms with van der Waals surface area (Å²) in [6.45, 7) is 9.70. The van der Waals surface area contributed by atoms with Crippen LogP contribution in [0, 0.1) is 6.92 Å². The number of rotatable bonds is 8. The Bertz CT molecular complexity index is 1650. The van der Waals surface area contributed by atoms with Crippen LogP contribution < -0.4 is 15.0 Å². The second-order valence-electron chi connectivity index (χ2n) is 11.2. The standard InChI is InChI=1S/C33H35F3N6O2S/c1-21(2)28-15-6-22(3)18-29(28)41-16-5-17-45-32(41)39-31(43)37-19-23(4)24-7-9-25(10-8-24)30-38-20-42(40-30)26-11-13-27(14-12-26)44-33(34,35)36/h6-15,18,20-21,23H,5,16-17,19H2,1-4H3,(H,37,43). The highest BCUT2D eigenvalue weighted by atomic mass is 32.2. The van der Waals surface area contributed by atoms with Crippen LogP contribution in [-0.4, -0.2) is 51.2 Å². The molecule has 4 aromatic rings. The Morgan fingerprint density at radius 3 is 2.49 bits per heavy atom. The smallest absolute Gasteiger partial charge is 0.406 e. The molecule has 0 spiro atoms. The molecule has 1 unspecified atom stereocenters. The van der Waals surface area contributed by atoms with Crippen LogP contribution in [0.25, 0.3) is 17.1 Å². The van der Waals surface area contributed by atoms with Crippen LogP contribution >= 0.6 is 11.8 Å². The Kier molecular flexibility index (Phi) is 9.81. The Morgan fingerprint density at radius 1 is 1.07 bits per heavy atom. The van der Waals surface area contributed by atoms with Crippen molar-refractivity contribution in [2.75, 3.05) is 23.7 Å². The molecule has 8 nitrogen and oxygen atoms in total. The van der Waals surface area contributed by atoms with Crippen molar-refractivity contribution in [1.29, 1.82) is 0 Å². The molecule has 1 atom stereocenters. The predicted octanol–water partition coefficient (Wildman–Crippen LogP) is 8.08. The first kappa shape index (κ1) is 32.1. The summed E-state index contributed by atoms with van der Waals surface area (Å²) in [5.74, 6) is 1.47. The van der Waals surface area contributed by atoms with E-state index in [1.54, 1.807) is 11.8 Å². The average molecular weight is 637 g/mol. The van der Waals surface area contributed by atoms with Gasteiger partial charge in [-0.05, 0) is 72.2 Å². The lowest BCUT2D eigenvalue weighted by atomic mass is 9.98. The maximum Gasteiger partial charge on any atom is 0.573 e. The lowest BCUT2D eigenvalue weighted by Crippen LogP contribution is -2.37. The van der Waals surface area contributed by atoms with Crippen LogP contribution in [0.4, 0.5) is 23.7 Å². The number of hydrogen-bond donors (Lipinski definition) is 1. The van der Waals surface area contributed by atoms with Crippen LogP contribution in [0.15, 0.2) is 78.0 Å². The number of anilines is 1. The molecule has 3 aromatic carbocycles. The number of alkyl halides is 3. The van der Waals surface area contributed by atoms with Crippen molar-refractivity contribution in [2.45, 2.75) is 52.3 Å². The van der Waals surface area contributed by atoms with Crippen molar-refractivity contribution in [3.63, 3.8) is 0 Å². The molecule has 236 valence electrons. The van der Waals surface area contributed by atoms with Gasteiger partial charge < -0.3 is 15.0 Å². The number of ether oxygens (including phenoxy) is 1. The number of amides is 2. The van der Waals surface area contributed by atoms with E-state index >= 15 is 0 Å². The molecule has 2 amide bonds. The topological polar surface area (TPSA) is 84.6 Å². The lowest BCUT2D eigenvalue weighted by Gasteiger charge is -2.32. The third-order valence-corrected chi connectivity index (χ3v) is 8.47. The van der Waals surface area contributed by atoms with Gasteiger partial charge in [0.1, 0.15) is 12.1 Å². The molecule has 1 aliphatic rings. The van der Waals surface area contributed by atoms with Crippen molar-refractivity contribution >= 4 is 28.6 Å². The Morgan fingerprint density at radius 2 is 1.80 bits per heavy atom. The van der Waals surface area contributed by atoms with Crippen molar-refractivity contribution in [3.8, 4) is 22.8 Å². The first-order chi connectivity index (χ1) is 21.5. The fourth-order valence-corrected chi connectivity index (χ4v) is 5.97. The van der Waals surface area contributed by atoms with Crippen molar-refractivity contribution in [3.05, 3.63) is 89.7 Å². The second kappa shape index (κ2) is 13.8. The molecule has 0 aliphatic carbocycles. The molecule has 45 heavy (non-hydrogen) atoms. The largest absolute Gasteiger partial charge is 0.573 e. The van der Waals surface area contributed by atoms with Gasteiger partial charge >= 0.3 is 12.4 Å². The fraction of sp³-hybridized carbons (Fsp3) is 0.333. The Hall–Kier alpha value is -4.32. The minimum absolute atomic E-state index is 0.0329. The van der Waals surface area contributed by atoms with Crippen LogP contribution in [-0.2, 0) is 0 Å². The number of nitrogens with zero attached hydrogens (tertiary/aromatic N) is 5. The molecular weight excluding hydrogens is 601 g/mol. The summed E-state index contributed by atoms with van der Waals surface area (Å²) < 4.78 is 42.7. The molecule has 0 saturated carbocycles. The van der Waals surface area contributed by atoms with Crippen molar-refractivity contribution in [2.24, 2.45) is 4.99 Å². The van der Waals surface area contributed by atoms with Crippen LogP contribution in [0.2, 0.25) is 0 Å². The van der Waals surface area contributed by atoms with E-state index < -0.39 is 6.36 Å². The van der Waals surface area contributed by atoms with E-state index in [9.17, 15) is 18.0 Å². The van der Waals surface area contributed by atoms with E-state index in [1.807, 2.05) is 31.2 Å². The van der Waals surface area contributed by atoms with Gasteiger partial charge in [-0.25, -0.2) is 14.5 Å². The quantitative estimate of drug-likeness (QED) is 0.211. The third-order valence-electron chi connectivity index (χ3n) is 7.41. The van der Waals surface area contributed by atoms with Gasteiger partial charge in [0.15, 0.2) is 11.0 Å². The molecule has 0 radical (unpaired) electrons. The number of urea groups is 1. The Balaban J connectivity index is 1.20. The van der Waals surface area contributed by atoms with E-state index in [0.29, 0.717) is 24.0 Å². The number of carbonyl (C=O) groups excluding carboxylic acids is 1. The first-order valence-corrected chi connectivity index (χ1v) is 15.7. The van der Waals surface area contributed by atoms with Gasteiger partial charge in [0, 0.05) is 30.1 Å². The molecule has 1 aromatic heterocycles. The van der Waals surface area contributed by atoms with Gasteiger partial charge in [0.2, 0.25) is 0 Å². The van der Waals surface area contributed by atoms with Crippen LogP contribution in [0.3, 0.4) is 0 Å². The van der Waals surface area contributed by atoms with Crippen LogP contribution in [0.5, 0.6) is 5.75 Å². The molecular formula is C33H35F3N6O2S. The second-order valence-corrected chi connectivity index (χ2v) is 12.3. The van der Waals surface area contributed by atoms with E-state index in [0.717, 1.165) is 40.7 Å². The average Bonchev–Trinajstić information content (AvgIpc) is 3.50. The predicted molar refractivity (Wildman–Crippen MR) is 172 cm³/mol. The van der Waals surface area contributed by atoms with Gasteiger partial charge in [-0.2, -0.15) is 4.99 Å². The minimum Gasteiger partial charge on any atom is -0.406 e. The summed E-state index contributed by atoms with van der Waals surface area (Å²) in [7, 11) is 0. The molecule has 12 heteroatoms. The number of nitrogens with one attached hydrogen (secondary N) is 1. The summed E-state index contributed by atoms with van der Waals surface area (Å²) in [6.07, 6.45) is -2.23. The Labute approximate surface area is 264 Å². The number of amidine groups is 1. The summed E-state index contributed by atoms with van der Waals surface area (Å²) >= 11 is 1.61. The highest BCUT2D eigenvalue weighted by Gasteiger charge is 2.31. The van der Waals surface area contributed by atoms with Gasteiger partial charge in [0.05, 0.1) is 5.69 Å². The number of hydrogen-bond acceptors (Lipinski definition) is 5. The molecule has 1 fully saturated rings. The zero-order valence-corrected chi connectivity index (χ0v) is 26.3. The van der Waals surface area contributed by atoms with Gasteiger partial charge in [-0.1, -0.05) is 68.9 Å². The molecule has 1 aliphatic heterocycles. The fourth-order valence-electron chi connectivity index (χ4n) is 5.02. The van der Waals surface area contributed by atoms with Gasteiger partial charge in [-0.15, -0.1) is 18.3 Å². The van der Waals surface area contributed by atoms with E-state index in [-0.39, 0.29) is 17.7 Å². The molecule has 1 N–H and O–H groups in total. The maximum absolute atomic E-state index is 12.9. The zero-order chi connectivity index (χ0) is 32.1. The van der Waals surface area contributed by atoms with E-state index in [1.165, 1.54) is 46.4 Å². The monoisotopic (exact) mass is 636 g/mol. The summed E-state index contributed by atoms with van der Waals surface area (Å²) in [5, 5.41) is 8.15. The number of aromatic nitrogens is 3. The number of aryl methyl sites for hydroxylation is 1. The summed E-state index contributed by atoms with van der Waals surface area (Å²) in [6, 6.07) is 19.2. The number of thioether (sulfide) groups is 1. The third kappa shape index (κ3) is 8.24. The maximum atomic E-state index is 12.9. The van der Waals surface area contributed by atoms with Gasteiger partial charge in [0.25, 0.3) is 0 Å². The summed E-state index contributed by atoms with van der Waals surface area (Å²) in [5.41, 5.74) is 5.88. The molecule has 0 bridgehead atoms. The first-order valence-electron chi connectivity index (χ1n) is 14.7. The molecule has 5 rings (SSSR count). The summed E-state index contributed by atoms with van der Waals surface area (Å²) in [4.78, 5) is 23.9. The van der Waals surface area contributed by atoms with E-state index in [2.05, 4.69) is 69.0 Å².